The number of likely N-dealkylation sites (tertiary alicyclic amines) is 1. The second kappa shape index (κ2) is 5.55. The summed E-state index contributed by atoms with van der Waals surface area (Å²) in [6.07, 6.45) is 6.08. The lowest BCUT2D eigenvalue weighted by Gasteiger charge is -2.19. The molecule has 1 fully saturated rings. The van der Waals surface area contributed by atoms with E-state index in [1.807, 2.05) is 4.90 Å². The average molecular weight is 287 g/mol. The van der Waals surface area contributed by atoms with Crippen LogP contribution in [0.3, 0.4) is 0 Å². The molecule has 0 aliphatic carbocycles. The van der Waals surface area contributed by atoms with Crippen molar-refractivity contribution in [3.05, 3.63) is 40.1 Å². The molecule has 0 radical (unpaired) electrons. The Balaban J connectivity index is 1.93. The van der Waals surface area contributed by atoms with Crippen LogP contribution < -0.4 is 0 Å². The summed E-state index contributed by atoms with van der Waals surface area (Å²) in [5.41, 5.74) is 1.25. The lowest BCUT2D eigenvalue weighted by atomic mass is 10.1. The lowest BCUT2D eigenvalue weighted by molar-refractivity contribution is -0.384. The standard InChI is InChI=1S/C15H17N3O3/c19-15(17-7-3-1-2-4-8-17)13-10-16-14-9-11(18(20)21)5-6-12(13)14/h5-6,9-10,16H,1-4,7-8H2. The molecule has 3 rings (SSSR count). The molecule has 1 aliphatic rings. The number of aromatic amines is 1. The Morgan fingerprint density at radius 3 is 2.57 bits per heavy atom. The summed E-state index contributed by atoms with van der Waals surface area (Å²) in [5, 5.41) is 11.5. The number of amides is 1. The van der Waals surface area contributed by atoms with Crippen molar-refractivity contribution in [3.63, 3.8) is 0 Å². The smallest absolute Gasteiger partial charge is 0.271 e. The van der Waals surface area contributed by atoms with Gasteiger partial charge in [0.05, 0.1) is 16.0 Å². The zero-order valence-corrected chi connectivity index (χ0v) is 11.7. The number of nitro groups is 1. The predicted molar refractivity (Wildman–Crippen MR) is 79.3 cm³/mol. The van der Waals surface area contributed by atoms with Crippen molar-refractivity contribution in [3.8, 4) is 0 Å². The molecule has 2 heterocycles. The van der Waals surface area contributed by atoms with Gasteiger partial charge in [-0.15, -0.1) is 0 Å². The Bertz CT molecular complexity index is 685. The molecular weight excluding hydrogens is 270 g/mol. The van der Waals surface area contributed by atoms with Crippen LogP contribution in [0.15, 0.2) is 24.4 Å². The molecular formula is C15H17N3O3. The summed E-state index contributed by atoms with van der Waals surface area (Å²) < 4.78 is 0. The topological polar surface area (TPSA) is 79.2 Å². The molecule has 0 unspecified atom stereocenters. The number of nitro benzene ring substituents is 1. The molecule has 1 aromatic heterocycles. The van der Waals surface area contributed by atoms with E-state index in [4.69, 9.17) is 0 Å². The minimum Gasteiger partial charge on any atom is -0.360 e. The Morgan fingerprint density at radius 1 is 1.19 bits per heavy atom. The van der Waals surface area contributed by atoms with Gasteiger partial charge in [0, 0.05) is 36.8 Å². The minimum atomic E-state index is -0.434. The molecule has 2 aromatic rings. The quantitative estimate of drug-likeness (QED) is 0.681. The van der Waals surface area contributed by atoms with Crippen molar-refractivity contribution < 1.29 is 9.72 Å². The van der Waals surface area contributed by atoms with E-state index in [1.54, 1.807) is 12.3 Å². The predicted octanol–water partition coefficient (Wildman–Crippen LogP) is 3.09. The van der Waals surface area contributed by atoms with Gasteiger partial charge in [0.15, 0.2) is 0 Å². The number of H-pyrrole nitrogens is 1. The summed E-state index contributed by atoms with van der Waals surface area (Å²) >= 11 is 0. The van der Waals surface area contributed by atoms with Crippen LogP contribution in [-0.2, 0) is 0 Å². The van der Waals surface area contributed by atoms with Gasteiger partial charge in [-0.1, -0.05) is 12.8 Å². The third-order valence-corrected chi connectivity index (χ3v) is 4.00. The van der Waals surface area contributed by atoms with Gasteiger partial charge in [-0.05, 0) is 18.9 Å². The first-order chi connectivity index (χ1) is 10.2. The van der Waals surface area contributed by atoms with Crippen molar-refractivity contribution in [2.24, 2.45) is 0 Å². The molecule has 1 amide bonds. The summed E-state index contributed by atoms with van der Waals surface area (Å²) in [7, 11) is 0. The van der Waals surface area contributed by atoms with E-state index in [9.17, 15) is 14.9 Å². The van der Waals surface area contributed by atoms with Gasteiger partial charge in [0.1, 0.15) is 0 Å². The fourth-order valence-corrected chi connectivity index (χ4v) is 2.85. The van der Waals surface area contributed by atoms with E-state index >= 15 is 0 Å². The molecule has 6 heteroatoms. The molecule has 110 valence electrons. The molecule has 1 aromatic carbocycles. The van der Waals surface area contributed by atoms with Crippen LogP contribution in [-0.4, -0.2) is 33.8 Å². The number of hydrogen-bond donors (Lipinski definition) is 1. The molecule has 21 heavy (non-hydrogen) atoms. The SMILES string of the molecule is O=C(c1c[nH]c2cc([N+](=O)[O-])ccc12)N1CCCCCC1. The molecule has 0 saturated carbocycles. The molecule has 1 saturated heterocycles. The van der Waals surface area contributed by atoms with Crippen molar-refractivity contribution >= 4 is 22.5 Å². The highest BCUT2D eigenvalue weighted by molar-refractivity contribution is 6.07. The highest BCUT2D eigenvalue weighted by Crippen LogP contribution is 2.25. The lowest BCUT2D eigenvalue weighted by Crippen LogP contribution is -2.31. The average Bonchev–Trinajstić information content (AvgIpc) is 2.71. The number of carbonyl (C=O) groups excluding carboxylic acids is 1. The van der Waals surface area contributed by atoms with Gasteiger partial charge in [0.25, 0.3) is 11.6 Å². The van der Waals surface area contributed by atoms with Crippen LogP contribution >= 0.6 is 0 Å². The van der Waals surface area contributed by atoms with Crippen molar-refractivity contribution in [2.75, 3.05) is 13.1 Å². The molecule has 0 bridgehead atoms. The molecule has 1 aliphatic heterocycles. The fourth-order valence-electron chi connectivity index (χ4n) is 2.85. The van der Waals surface area contributed by atoms with Gasteiger partial charge in [-0.3, -0.25) is 14.9 Å². The number of benzene rings is 1. The monoisotopic (exact) mass is 287 g/mol. The molecule has 1 N–H and O–H groups in total. The van der Waals surface area contributed by atoms with Crippen LogP contribution in [0.4, 0.5) is 5.69 Å². The van der Waals surface area contributed by atoms with E-state index in [-0.39, 0.29) is 11.6 Å². The van der Waals surface area contributed by atoms with Crippen molar-refractivity contribution in [1.29, 1.82) is 0 Å². The number of carbonyl (C=O) groups is 1. The van der Waals surface area contributed by atoms with Crippen LogP contribution in [0.25, 0.3) is 10.9 Å². The van der Waals surface area contributed by atoms with E-state index in [0.29, 0.717) is 11.1 Å². The third-order valence-electron chi connectivity index (χ3n) is 4.00. The second-order valence-corrected chi connectivity index (χ2v) is 5.40. The van der Waals surface area contributed by atoms with E-state index in [2.05, 4.69) is 4.98 Å². The first kappa shape index (κ1) is 13.6. The van der Waals surface area contributed by atoms with Gasteiger partial charge >= 0.3 is 0 Å². The zero-order valence-electron chi connectivity index (χ0n) is 11.7. The molecule has 0 atom stereocenters. The van der Waals surface area contributed by atoms with Gasteiger partial charge in [-0.25, -0.2) is 0 Å². The maximum atomic E-state index is 12.6. The maximum Gasteiger partial charge on any atom is 0.271 e. The molecule has 6 nitrogen and oxygen atoms in total. The second-order valence-electron chi connectivity index (χ2n) is 5.40. The van der Waals surface area contributed by atoms with Gasteiger partial charge in [0.2, 0.25) is 0 Å². The number of fused-ring (bicyclic) bond motifs is 1. The number of rotatable bonds is 2. The van der Waals surface area contributed by atoms with Gasteiger partial charge < -0.3 is 9.88 Å². The Labute approximate surface area is 121 Å². The number of nitrogens with one attached hydrogen (secondary N) is 1. The Kier molecular flexibility index (Phi) is 3.60. The maximum absolute atomic E-state index is 12.6. The zero-order chi connectivity index (χ0) is 14.8. The van der Waals surface area contributed by atoms with Crippen molar-refractivity contribution in [2.45, 2.75) is 25.7 Å². The van der Waals surface area contributed by atoms with Crippen LogP contribution in [0.1, 0.15) is 36.0 Å². The largest absolute Gasteiger partial charge is 0.360 e. The van der Waals surface area contributed by atoms with E-state index < -0.39 is 4.92 Å². The van der Waals surface area contributed by atoms with Crippen LogP contribution in [0, 0.1) is 10.1 Å². The van der Waals surface area contributed by atoms with Crippen LogP contribution in [0.5, 0.6) is 0 Å². The number of hydrogen-bond acceptors (Lipinski definition) is 3. The normalized spacial score (nSPS) is 15.9. The summed E-state index contributed by atoms with van der Waals surface area (Å²) in [4.78, 5) is 27.8. The summed E-state index contributed by atoms with van der Waals surface area (Å²) in [6, 6.07) is 4.55. The number of aromatic nitrogens is 1. The highest BCUT2D eigenvalue weighted by atomic mass is 16.6. The minimum absolute atomic E-state index is 0.0111. The first-order valence-corrected chi connectivity index (χ1v) is 7.21. The van der Waals surface area contributed by atoms with Crippen molar-refractivity contribution in [1.82, 2.24) is 9.88 Å². The highest BCUT2D eigenvalue weighted by Gasteiger charge is 2.21. The van der Waals surface area contributed by atoms with E-state index in [0.717, 1.165) is 31.3 Å². The summed E-state index contributed by atoms with van der Waals surface area (Å²) in [6.45, 7) is 1.58. The number of non-ortho nitro benzene ring substituents is 1. The Hall–Kier alpha value is -2.37. The van der Waals surface area contributed by atoms with E-state index in [1.165, 1.54) is 25.0 Å². The third kappa shape index (κ3) is 2.61. The first-order valence-electron chi connectivity index (χ1n) is 7.21. The number of nitrogens with zero attached hydrogens (tertiary/aromatic N) is 2. The van der Waals surface area contributed by atoms with Crippen LogP contribution in [0.2, 0.25) is 0 Å². The molecule has 0 spiro atoms. The van der Waals surface area contributed by atoms with Gasteiger partial charge in [-0.2, -0.15) is 0 Å². The Morgan fingerprint density at radius 2 is 1.90 bits per heavy atom. The summed E-state index contributed by atoms with van der Waals surface area (Å²) in [5.74, 6) is 0.0111. The fraction of sp³-hybridized carbons (Fsp3) is 0.400.